The van der Waals surface area contributed by atoms with Gasteiger partial charge in [0.2, 0.25) is 0 Å². The molecule has 0 spiro atoms. The Morgan fingerprint density at radius 1 is 1.32 bits per heavy atom. The highest BCUT2D eigenvalue weighted by atomic mass is 32.1. The first-order valence-corrected chi connectivity index (χ1v) is 8.15. The third kappa shape index (κ3) is 2.75. The van der Waals surface area contributed by atoms with Crippen LogP contribution >= 0.6 is 11.3 Å². The van der Waals surface area contributed by atoms with E-state index in [1.165, 1.54) is 18.4 Å². The van der Waals surface area contributed by atoms with E-state index in [2.05, 4.69) is 53.3 Å². The molecule has 0 saturated heterocycles. The molecule has 0 amide bonds. The Balaban J connectivity index is 1.73. The lowest BCUT2D eigenvalue weighted by molar-refractivity contribution is 0.397. The van der Waals surface area contributed by atoms with E-state index in [0.717, 1.165) is 13.0 Å². The fraction of sp³-hybridized carbons (Fsp3) is 0.412. The molecule has 1 aliphatic carbocycles. The molecule has 0 bridgehead atoms. The number of benzene rings is 1. The minimum absolute atomic E-state index is 0.587. The Hall–Kier alpha value is -1.12. The summed E-state index contributed by atoms with van der Waals surface area (Å²) in [6.45, 7) is 3.36. The van der Waals surface area contributed by atoms with E-state index in [4.69, 9.17) is 0 Å². The number of nitrogens with one attached hydrogen (secondary N) is 1. The molecule has 1 heterocycles. The average molecular weight is 271 g/mol. The zero-order valence-electron chi connectivity index (χ0n) is 11.4. The number of rotatable bonds is 6. The molecule has 1 aromatic carbocycles. The van der Waals surface area contributed by atoms with Crippen LogP contribution < -0.4 is 5.32 Å². The van der Waals surface area contributed by atoms with Crippen molar-refractivity contribution in [2.45, 2.75) is 38.1 Å². The Bertz CT molecular complexity index is 518. The van der Waals surface area contributed by atoms with Crippen LogP contribution in [-0.4, -0.2) is 12.6 Å². The van der Waals surface area contributed by atoms with Crippen molar-refractivity contribution in [1.82, 2.24) is 5.32 Å². The van der Waals surface area contributed by atoms with Crippen LogP contribution in [-0.2, 0) is 12.8 Å². The molecule has 0 aliphatic heterocycles. The molecule has 2 aromatic rings. The molecule has 3 rings (SSSR count). The largest absolute Gasteiger partial charge is 0.313 e. The van der Waals surface area contributed by atoms with Crippen molar-refractivity contribution in [1.29, 1.82) is 0 Å². The predicted molar refractivity (Wildman–Crippen MR) is 83.0 cm³/mol. The first kappa shape index (κ1) is 12.9. The van der Waals surface area contributed by atoms with E-state index in [-0.39, 0.29) is 0 Å². The molecule has 2 atom stereocenters. The SMILES string of the molecule is CCCNC(Cc1ccsc1)C1Cc2ccccc21. The predicted octanol–water partition coefficient (Wildman–Crippen LogP) is 4.00. The van der Waals surface area contributed by atoms with Crippen molar-refractivity contribution in [2.24, 2.45) is 0 Å². The van der Waals surface area contributed by atoms with Crippen LogP contribution in [0.1, 0.15) is 36.0 Å². The van der Waals surface area contributed by atoms with Gasteiger partial charge < -0.3 is 5.32 Å². The summed E-state index contributed by atoms with van der Waals surface area (Å²) in [6, 6.07) is 11.7. The summed E-state index contributed by atoms with van der Waals surface area (Å²) in [6.07, 6.45) is 3.60. The first-order chi connectivity index (χ1) is 9.38. The van der Waals surface area contributed by atoms with Gasteiger partial charge in [-0.3, -0.25) is 0 Å². The molecule has 1 aliphatic rings. The van der Waals surface area contributed by atoms with Crippen molar-refractivity contribution in [2.75, 3.05) is 6.54 Å². The summed E-state index contributed by atoms with van der Waals surface area (Å²) in [5, 5.41) is 8.22. The fourth-order valence-electron chi connectivity index (χ4n) is 3.01. The Morgan fingerprint density at radius 3 is 2.95 bits per heavy atom. The van der Waals surface area contributed by atoms with E-state index in [1.54, 1.807) is 22.5 Å². The monoisotopic (exact) mass is 271 g/mol. The molecule has 0 radical (unpaired) electrons. The van der Waals surface area contributed by atoms with Crippen LogP contribution in [0.25, 0.3) is 0 Å². The number of fused-ring (bicyclic) bond motifs is 1. The van der Waals surface area contributed by atoms with Crippen LogP contribution in [0.2, 0.25) is 0 Å². The minimum atomic E-state index is 0.587. The lowest BCUT2D eigenvalue weighted by Crippen LogP contribution is -2.41. The minimum Gasteiger partial charge on any atom is -0.313 e. The average Bonchev–Trinajstić information content (AvgIpc) is 2.90. The zero-order chi connectivity index (χ0) is 13.1. The third-order valence-electron chi connectivity index (χ3n) is 4.07. The van der Waals surface area contributed by atoms with Gasteiger partial charge in [-0.2, -0.15) is 11.3 Å². The van der Waals surface area contributed by atoms with E-state index >= 15 is 0 Å². The fourth-order valence-corrected chi connectivity index (χ4v) is 3.69. The summed E-state index contributed by atoms with van der Waals surface area (Å²) in [5.41, 5.74) is 4.58. The molecule has 1 N–H and O–H groups in total. The second-order valence-corrected chi connectivity index (χ2v) is 6.19. The standard InChI is InChI=1S/C17H21NS/c1-2-8-18-17(10-13-7-9-19-12-13)16-11-14-5-3-4-6-15(14)16/h3-7,9,12,16-18H,2,8,10-11H2,1H3. The molecule has 0 fully saturated rings. The Kier molecular flexibility index (Phi) is 4.00. The topological polar surface area (TPSA) is 12.0 Å². The number of hydrogen-bond donors (Lipinski definition) is 1. The first-order valence-electron chi connectivity index (χ1n) is 7.20. The molecular formula is C17H21NS. The maximum Gasteiger partial charge on any atom is 0.0180 e. The van der Waals surface area contributed by atoms with Crippen LogP contribution in [0.5, 0.6) is 0 Å². The highest BCUT2D eigenvalue weighted by Gasteiger charge is 2.32. The van der Waals surface area contributed by atoms with Gasteiger partial charge in [0.1, 0.15) is 0 Å². The second-order valence-electron chi connectivity index (χ2n) is 5.41. The number of thiophene rings is 1. The third-order valence-corrected chi connectivity index (χ3v) is 4.80. The van der Waals surface area contributed by atoms with E-state index in [1.807, 2.05) is 0 Å². The highest BCUT2D eigenvalue weighted by Crippen LogP contribution is 2.38. The molecule has 1 aromatic heterocycles. The van der Waals surface area contributed by atoms with E-state index in [9.17, 15) is 0 Å². The van der Waals surface area contributed by atoms with Crippen LogP contribution in [0.3, 0.4) is 0 Å². The van der Waals surface area contributed by atoms with Crippen LogP contribution in [0, 0.1) is 0 Å². The maximum absolute atomic E-state index is 3.76. The normalized spacial score (nSPS) is 18.7. The summed E-state index contributed by atoms with van der Waals surface area (Å²) in [5.74, 6) is 0.697. The van der Waals surface area contributed by atoms with Crippen molar-refractivity contribution in [3.05, 3.63) is 57.8 Å². The van der Waals surface area contributed by atoms with Crippen molar-refractivity contribution in [3.8, 4) is 0 Å². The van der Waals surface area contributed by atoms with Gasteiger partial charge in [-0.05, 0) is 59.3 Å². The molecule has 2 unspecified atom stereocenters. The summed E-state index contributed by atoms with van der Waals surface area (Å²) >= 11 is 1.80. The van der Waals surface area contributed by atoms with E-state index < -0.39 is 0 Å². The highest BCUT2D eigenvalue weighted by molar-refractivity contribution is 7.07. The van der Waals surface area contributed by atoms with Gasteiger partial charge in [-0.15, -0.1) is 0 Å². The molecular weight excluding hydrogens is 250 g/mol. The molecule has 19 heavy (non-hydrogen) atoms. The lowest BCUT2D eigenvalue weighted by Gasteiger charge is -2.37. The quantitative estimate of drug-likeness (QED) is 0.837. The van der Waals surface area contributed by atoms with Gasteiger partial charge in [0.25, 0.3) is 0 Å². The van der Waals surface area contributed by atoms with Gasteiger partial charge in [-0.25, -0.2) is 0 Å². The molecule has 2 heteroatoms. The van der Waals surface area contributed by atoms with Crippen molar-refractivity contribution >= 4 is 11.3 Å². The summed E-state index contributed by atoms with van der Waals surface area (Å²) in [7, 11) is 0. The van der Waals surface area contributed by atoms with Gasteiger partial charge >= 0.3 is 0 Å². The second kappa shape index (κ2) is 5.89. The van der Waals surface area contributed by atoms with Gasteiger partial charge in [0.05, 0.1) is 0 Å². The van der Waals surface area contributed by atoms with Gasteiger partial charge in [0.15, 0.2) is 0 Å². The summed E-state index contributed by atoms with van der Waals surface area (Å²) < 4.78 is 0. The van der Waals surface area contributed by atoms with Crippen molar-refractivity contribution < 1.29 is 0 Å². The molecule has 1 nitrogen and oxygen atoms in total. The molecule has 0 saturated carbocycles. The molecule has 100 valence electrons. The Morgan fingerprint density at radius 2 is 2.21 bits per heavy atom. The maximum atomic E-state index is 3.76. The zero-order valence-corrected chi connectivity index (χ0v) is 12.2. The Labute approximate surface area is 119 Å². The van der Waals surface area contributed by atoms with E-state index in [0.29, 0.717) is 12.0 Å². The van der Waals surface area contributed by atoms with Crippen molar-refractivity contribution in [3.63, 3.8) is 0 Å². The number of hydrogen-bond acceptors (Lipinski definition) is 2. The van der Waals surface area contributed by atoms with Crippen LogP contribution in [0.15, 0.2) is 41.1 Å². The van der Waals surface area contributed by atoms with Gasteiger partial charge in [0, 0.05) is 12.0 Å². The lowest BCUT2D eigenvalue weighted by atomic mass is 9.72. The smallest absolute Gasteiger partial charge is 0.0180 e. The van der Waals surface area contributed by atoms with Crippen LogP contribution in [0.4, 0.5) is 0 Å². The van der Waals surface area contributed by atoms with Gasteiger partial charge in [-0.1, -0.05) is 31.2 Å². The summed E-state index contributed by atoms with van der Waals surface area (Å²) in [4.78, 5) is 0.